The molecule has 16 heavy (non-hydrogen) atoms. The van der Waals surface area contributed by atoms with Gasteiger partial charge in [-0.25, -0.2) is 9.67 Å². The molecule has 1 N–H and O–H groups in total. The van der Waals surface area contributed by atoms with Crippen molar-refractivity contribution >= 4 is 0 Å². The van der Waals surface area contributed by atoms with E-state index in [0.29, 0.717) is 19.8 Å². The first kappa shape index (κ1) is 13.1. The van der Waals surface area contributed by atoms with Crippen LogP contribution in [-0.2, 0) is 22.6 Å². The lowest BCUT2D eigenvalue weighted by molar-refractivity contribution is 0.135. The summed E-state index contributed by atoms with van der Waals surface area (Å²) in [5.41, 5.74) is 0. The van der Waals surface area contributed by atoms with Gasteiger partial charge in [0.1, 0.15) is 12.2 Å². The van der Waals surface area contributed by atoms with Crippen molar-refractivity contribution in [3.8, 4) is 0 Å². The lowest BCUT2D eigenvalue weighted by Crippen LogP contribution is -2.22. The van der Waals surface area contributed by atoms with Crippen LogP contribution in [0.25, 0.3) is 0 Å². The van der Waals surface area contributed by atoms with Crippen LogP contribution in [0.4, 0.5) is 0 Å². The second-order valence-corrected chi connectivity index (χ2v) is 3.27. The molecule has 0 aliphatic carbocycles. The Morgan fingerprint density at radius 2 is 2.31 bits per heavy atom. The zero-order valence-corrected chi connectivity index (χ0v) is 9.98. The van der Waals surface area contributed by atoms with Crippen LogP contribution in [0.1, 0.15) is 12.7 Å². The first-order valence-corrected chi connectivity index (χ1v) is 5.52. The fourth-order valence-electron chi connectivity index (χ4n) is 1.28. The maximum atomic E-state index is 5.28. The molecule has 1 aromatic heterocycles. The molecule has 0 aliphatic rings. The van der Waals surface area contributed by atoms with Crippen molar-refractivity contribution in [2.24, 2.45) is 0 Å². The Kier molecular flexibility index (Phi) is 6.71. The average molecular weight is 228 g/mol. The van der Waals surface area contributed by atoms with Gasteiger partial charge in [0, 0.05) is 20.3 Å². The third kappa shape index (κ3) is 4.69. The number of nitrogens with one attached hydrogen (secondary N) is 1. The Hall–Kier alpha value is -0.980. The quantitative estimate of drug-likeness (QED) is 0.605. The summed E-state index contributed by atoms with van der Waals surface area (Å²) in [5, 5.41) is 7.37. The van der Waals surface area contributed by atoms with Gasteiger partial charge in [-0.1, -0.05) is 0 Å². The highest BCUT2D eigenvalue weighted by atomic mass is 16.5. The van der Waals surface area contributed by atoms with Crippen molar-refractivity contribution in [1.29, 1.82) is 0 Å². The topological polar surface area (TPSA) is 61.2 Å². The summed E-state index contributed by atoms with van der Waals surface area (Å²) in [4.78, 5) is 4.19. The molecular weight excluding hydrogens is 208 g/mol. The van der Waals surface area contributed by atoms with E-state index in [4.69, 9.17) is 9.47 Å². The van der Waals surface area contributed by atoms with Crippen LogP contribution in [0.5, 0.6) is 0 Å². The van der Waals surface area contributed by atoms with Crippen LogP contribution in [0, 0.1) is 0 Å². The largest absolute Gasteiger partial charge is 0.383 e. The van der Waals surface area contributed by atoms with Crippen LogP contribution < -0.4 is 5.32 Å². The minimum Gasteiger partial charge on any atom is -0.383 e. The SMILES string of the molecule is CCOCCn1ncnc1CNCCOC. The Labute approximate surface area is 96.0 Å². The predicted octanol–water partition coefficient (Wildman–Crippen LogP) is 0.0506. The molecule has 6 heteroatoms. The van der Waals surface area contributed by atoms with Crippen molar-refractivity contribution in [3.05, 3.63) is 12.2 Å². The van der Waals surface area contributed by atoms with Crippen molar-refractivity contribution in [2.75, 3.05) is 33.5 Å². The van der Waals surface area contributed by atoms with Gasteiger partial charge in [-0.2, -0.15) is 5.10 Å². The molecule has 0 spiro atoms. The van der Waals surface area contributed by atoms with Gasteiger partial charge in [0.2, 0.25) is 0 Å². The minimum atomic E-state index is 0.672. The molecule has 0 atom stereocenters. The molecule has 92 valence electrons. The van der Waals surface area contributed by atoms with Crippen LogP contribution in [0.2, 0.25) is 0 Å². The minimum absolute atomic E-state index is 0.672. The first-order chi connectivity index (χ1) is 7.88. The zero-order valence-electron chi connectivity index (χ0n) is 9.98. The second kappa shape index (κ2) is 8.20. The number of ether oxygens (including phenoxy) is 2. The number of aromatic nitrogens is 3. The van der Waals surface area contributed by atoms with Crippen molar-refractivity contribution < 1.29 is 9.47 Å². The maximum Gasteiger partial charge on any atom is 0.140 e. The van der Waals surface area contributed by atoms with Crippen LogP contribution >= 0.6 is 0 Å². The second-order valence-electron chi connectivity index (χ2n) is 3.27. The first-order valence-electron chi connectivity index (χ1n) is 5.52. The highest BCUT2D eigenvalue weighted by Gasteiger charge is 2.02. The zero-order chi connectivity index (χ0) is 11.6. The number of methoxy groups -OCH3 is 1. The summed E-state index contributed by atoms with van der Waals surface area (Å²) >= 11 is 0. The van der Waals surface area contributed by atoms with Crippen molar-refractivity contribution in [2.45, 2.75) is 20.0 Å². The lowest BCUT2D eigenvalue weighted by atomic mass is 10.5. The summed E-state index contributed by atoms with van der Waals surface area (Å²) in [6.07, 6.45) is 1.57. The smallest absolute Gasteiger partial charge is 0.140 e. The van der Waals surface area contributed by atoms with E-state index in [2.05, 4.69) is 15.4 Å². The summed E-state index contributed by atoms with van der Waals surface area (Å²) in [7, 11) is 1.69. The standard InChI is InChI=1S/C10H20N4O2/c1-3-16-7-5-14-10(12-9-13-14)8-11-4-6-15-2/h9,11H,3-8H2,1-2H3. The van der Waals surface area contributed by atoms with Gasteiger partial charge in [-0.05, 0) is 6.92 Å². The molecule has 1 heterocycles. The molecule has 0 bridgehead atoms. The summed E-state index contributed by atoms with van der Waals surface area (Å²) in [5.74, 6) is 0.927. The fraction of sp³-hybridized carbons (Fsp3) is 0.800. The third-order valence-electron chi connectivity index (χ3n) is 2.11. The van der Waals surface area contributed by atoms with E-state index >= 15 is 0 Å². The monoisotopic (exact) mass is 228 g/mol. The van der Waals surface area contributed by atoms with E-state index in [0.717, 1.165) is 25.5 Å². The summed E-state index contributed by atoms with van der Waals surface area (Å²) in [6, 6.07) is 0. The van der Waals surface area contributed by atoms with E-state index in [-0.39, 0.29) is 0 Å². The number of hydrogen-bond acceptors (Lipinski definition) is 5. The number of hydrogen-bond donors (Lipinski definition) is 1. The summed E-state index contributed by atoms with van der Waals surface area (Å²) < 4.78 is 12.1. The molecular formula is C10H20N4O2. The van der Waals surface area contributed by atoms with E-state index in [1.165, 1.54) is 0 Å². The fourth-order valence-corrected chi connectivity index (χ4v) is 1.28. The van der Waals surface area contributed by atoms with Gasteiger partial charge in [-0.3, -0.25) is 0 Å². The highest BCUT2D eigenvalue weighted by molar-refractivity contribution is 4.83. The van der Waals surface area contributed by atoms with Crippen molar-refractivity contribution in [1.82, 2.24) is 20.1 Å². The molecule has 0 amide bonds. The van der Waals surface area contributed by atoms with E-state index in [1.54, 1.807) is 13.4 Å². The van der Waals surface area contributed by atoms with E-state index in [1.807, 2.05) is 11.6 Å². The Balaban J connectivity index is 2.26. The van der Waals surface area contributed by atoms with Crippen molar-refractivity contribution in [3.63, 3.8) is 0 Å². The van der Waals surface area contributed by atoms with Crippen LogP contribution in [-0.4, -0.2) is 48.2 Å². The number of nitrogens with zero attached hydrogens (tertiary/aromatic N) is 3. The molecule has 0 aromatic carbocycles. The van der Waals surface area contributed by atoms with Gasteiger partial charge in [0.15, 0.2) is 0 Å². The van der Waals surface area contributed by atoms with Gasteiger partial charge >= 0.3 is 0 Å². The molecule has 0 fully saturated rings. The Bertz CT molecular complexity index is 278. The maximum absolute atomic E-state index is 5.28. The molecule has 1 aromatic rings. The molecule has 0 unspecified atom stereocenters. The number of rotatable bonds is 9. The van der Waals surface area contributed by atoms with Gasteiger partial charge in [-0.15, -0.1) is 0 Å². The molecule has 6 nitrogen and oxygen atoms in total. The Morgan fingerprint density at radius 3 is 3.06 bits per heavy atom. The molecule has 0 aliphatic heterocycles. The highest BCUT2D eigenvalue weighted by Crippen LogP contribution is 1.93. The molecule has 0 saturated carbocycles. The van der Waals surface area contributed by atoms with Crippen LogP contribution in [0.15, 0.2) is 6.33 Å². The Morgan fingerprint density at radius 1 is 1.44 bits per heavy atom. The molecule has 0 radical (unpaired) electrons. The third-order valence-corrected chi connectivity index (χ3v) is 2.11. The molecule has 0 saturated heterocycles. The van der Waals surface area contributed by atoms with E-state index in [9.17, 15) is 0 Å². The van der Waals surface area contributed by atoms with Gasteiger partial charge < -0.3 is 14.8 Å². The molecule has 1 rings (SSSR count). The van der Waals surface area contributed by atoms with Crippen LogP contribution in [0.3, 0.4) is 0 Å². The normalized spacial score (nSPS) is 10.9. The van der Waals surface area contributed by atoms with Gasteiger partial charge in [0.25, 0.3) is 0 Å². The lowest BCUT2D eigenvalue weighted by Gasteiger charge is -2.07. The summed E-state index contributed by atoms with van der Waals surface area (Å²) in [6.45, 7) is 6.35. The average Bonchev–Trinajstić information content (AvgIpc) is 2.73. The predicted molar refractivity (Wildman–Crippen MR) is 60.1 cm³/mol. The van der Waals surface area contributed by atoms with E-state index < -0.39 is 0 Å². The van der Waals surface area contributed by atoms with Gasteiger partial charge in [0.05, 0.1) is 26.3 Å².